The predicted octanol–water partition coefficient (Wildman–Crippen LogP) is 2.76. The van der Waals surface area contributed by atoms with Crippen LogP contribution >= 0.6 is 28.1 Å². The van der Waals surface area contributed by atoms with Crippen molar-refractivity contribution in [2.45, 2.75) is 26.7 Å². The van der Waals surface area contributed by atoms with Crippen molar-refractivity contribution >= 4 is 50.6 Å². The molecule has 6 heteroatoms. The SMILES string of the molecule is CC1(C)CC(=O)N(c2cc(Br)ccc2C(N)=S)C(=O)C1. The number of hydrogen-bond donors (Lipinski definition) is 1. The molecular weight excluding hydrogens is 340 g/mol. The first-order valence-corrected chi connectivity index (χ1v) is 7.36. The van der Waals surface area contributed by atoms with Crippen molar-refractivity contribution in [3.63, 3.8) is 0 Å². The van der Waals surface area contributed by atoms with E-state index >= 15 is 0 Å². The summed E-state index contributed by atoms with van der Waals surface area (Å²) < 4.78 is 0.762. The van der Waals surface area contributed by atoms with Crippen LogP contribution in [0.5, 0.6) is 0 Å². The van der Waals surface area contributed by atoms with Gasteiger partial charge in [0.05, 0.1) is 5.69 Å². The molecule has 4 nitrogen and oxygen atoms in total. The second-order valence-electron chi connectivity index (χ2n) is 5.67. The van der Waals surface area contributed by atoms with Gasteiger partial charge in [-0.15, -0.1) is 0 Å². The number of hydrogen-bond acceptors (Lipinski definition) is 3. The molecule has 106 valence electrons. The quantitative estimate of drug-likeness (QED) is 0.655. The molecule has 0 atom stereocenters. The molecule has 2 amide bonds. The number of imide groups is 1. The first kappa shape index (κ1) is 15.1. The van der Waals surface area contributed by atoms with Crippen LogP contribution in [0, 0.1) is 5.41 Å². The van der Waals surface area contributed by atoms with Gasteiger partial charge in [-0.2, -0.15) is 0 Å². The summed E-state index contributed by atoms with van der Waals surface area (Å²) in [6, 6.07) is 5.19. The number of amides is 2. The number of halogens is 1. The van der Waals surface area contributed by atoms with Gasteiger partial charge in [0.1, 0.15) is 4.99 Å². The summed E-state index contributed by atoms with van der Waals surface area (Å²) in [4.78, 5) is 26.0. The van der Waals surface area contributed by atoms with Crippen LogP contribution in [-0.2, 0) is 9.59 Å². The van der Waals surface area contributed by atoms with Crippen LogP contribution in [-0.4, -0.2) is 16.8 Å². The Balaban J connectivity index is 2.51. The fourth-order valence-electron chi connectivity index (χ4n) is 2.35. The maximum atomic E-state index is 12.3. The van der Waals surface area contributed by atoms with Crippen LogP contribution in [0.1, 0.15) is 32.3 Å². The average molecular weight is 355 g/mol. The van der Waals surface area contributed by atoms with Gasteiger partial charge >= 0.3 is 0 Å². The highest BCUT2D eigenvalue weighted by molar-refractivity contribution is 9.10. The van der Waals surface area contributed by atoms with Crippen LogP contribution in [0.15, 0.2) is 22.7 Å². The molecule has 0 saturated carbocycles. The second-order valence-corrected chi connectivity index (χ2v) is 7.02. The number of rotatable bonds is 2. The van der Waals surface area contributed by atoms with Crippen LogP contribution in [0.4, 0.5) is 5.69 Å². The first-order valence-electron chi connectivity index (χ1n) is 6.16. The van der Waals surface area contributed by atoms with Gasteiger partial charge in [0.2, 0.25) is 11.8 Å². The molecule has 0 unspecified atom stereocenters. The smallest absolute Gasteiger partial charge is 0.234 e. The second kappa shape index (κ2) is 5.26. The molecule has 2 rings (SSSR count). The van der Waals surface area contributed by atoms with Crippen LogP contribution in [0.2, 0.25) is 0 Å². The van der Waals surface area contributed by atoms with E-state index in [1.165, 1.54) is 4.90 Å². The molecule has 1 aromatic rings. The topological polar surface area (TPSA) is 63.4 Å². The van der Waals surface area contributed by atoms with Gasteiger partial charge in [-0.25, -0.2) is 4.90 Å². The summed E-state index contributed by atoms with van der Waals surface area (Å²) in [6.07, 6.45) is 0.643. The van der Waals surface area contributed by atoms with Crippen LogP contribution in [0.25, 0.3) is 0 Å². The highest BCUT2D eigenvalue weighted by Gasteiger charge is 2.39. The Morgan fingerprint density at radius 2 is 1.85 bits per heavy atom. The third kappa shape index (κ3) is 2.91. The van der Waals surface area contributed by atoms with E-state index in [1.807, 2.05) is 13.8 Å². The van der Waals surface area contributed by atoms with Crippen molar-refractivity contribution in [3.8, 4) is 0 Å². The van der Waals surface area contributed by atoms with E-state index in [2.05, 4.69) is 15.9 Å². The number of anilines is 1. The summed E-state index contributed by atoms with van der Waals surface area (Å²) in [5.41, 5.74) is 6.36. The Labute approximate surface area is 131 Å². The molecule has 1 saturated heterocycles. The molecule has 1 aliphatic heterocycles. The van der Waals surface area contributed by atoms with E-state index in [0.717, 1.165) is 4.47 Å². The fraction of sp³-hybridized carbons (Fsp3) is 0.357. The zero-order chi connectivity index (χ0) is 15.1. The lowest BCUT2D eigenvalue weighted by atomic mass is 9.81. The highest BCUT2D eigenvalue weighted by Crippen LogP contribution is 2.36. The Bertz CT molecular complexity index is 593. The maximum Gasteiger partial charge on any atom is 0.234 e. The monoisotopic (exact) mass is 354 g/mol. The summed E-state index contributed by atoms with van der Waals surface area (Å²) in [5, 5.41) is 0. The van der Waals surface area contributed by atoms with Crippen molar-refractivity contribution in [2.24, 2.45) is 11.1 Å². The summed E-state index contributed by atoms with van der Waals surface area (Å²) >= 11 is 8.34. The number of carbonyl (C=O) groups is 2. The first-order chi connectivity index (χ1) is 9.21. The lowest BCUT2D eigenvalue weighted by molar-refractivity contribution is -0.132. The van der Waals surface area contributed by atoms with Crippen molar-refractivity contribution < 1.29 is 9.59 Å². The van der Waals surface area contributed by atoms with E-state index in [9.17, 15) is 9.59 Å². The van der Waals surface area contributed by atoms with Crippen molar-refractivity contribution in [1.82, 2.24) is 0 Å². The number of piperidine rings is 1. The van der Waals surface area contributed by atoms with E-state index < -0.39 is 0 Å². The fourth-order valence-corrected chi connectivity index (χ4v) is 2.87. The minimum absolute atomic E-state index is 0.165. The predicted molar refractivity (Wildman–Crippen MR) is 85.5 cm³/mol. The Morgan fingerprint density at radius 3 is 2.35 bits per heavy atom. The van der Waals surface area contributed by atoms with Gasteiger partial charge in [-0.05, 0) is 23.6 Å². The molecule has 20 heavy (non-hydrogen) atoms. The van der Waals surface area contributed by atoms with E-state index in [0.29, 0.717) is 24.1 Å². The van der Waals surface area contributed by atoms with Crippen molar-refractivity contribution in [3.05, 3.63) is 28.2 Å². The van der Waals surface area contributed by atoms with Crippen molar-refractivity contribution in [1.29, 1.82) is 0 Å². The molecule has 1 heterocycles. The lowest BCUT2D eigenvalue weighted by Gasteiger charge is -2.35. The third-order valence-electron chi connectivity index (χ3n) is 3.22. The number of nitrogens with two attached hydrogens (primary N) is 1. The van der Waals surface area contributed by atoms with Crippen molar-refractivity contribution in [2.75, 3.05) is 4.90 Å². The minimum Gasteiger partial charge on any atom is -0.389 e. The van der Waals surface area contributed by atoms with Gasteiger partial charge in [-0.1, -0.05) is 42.0 Å². The van der Waals surface area contributed by atoms with Gasteiger partial charge in [0.25, 0.3) is 0 Å². The largest absolute Gasteiger partial charge is 0.389 e. The zero-order valence-electron chi connectivity index (χ0n) is 11.3. The molecule has 0 aliphatic carbocycles. The van der Waals surface area contributed by atoms with E-state index in [-0.39, 0.29) is 22.2 Å². The zero-order valence-corrected chi connectivity index (χ0v) is 13.7. The number of thiocarbonyl (C=S) groups is 1. The van der Waals surface area contributed by atoms with E-state index in [1.54, 1.807) is 18.2 Å². The molecule has 1 aliphatic rings. The summed E-state index contributed by atoms with van der Waals surface area (Å²) in [6.45, 7) is 3.82. The number of nitrogens with zero attached hydrogens (tertiary/aromatic N) is 1. The minimum atomic E-state index is -0.305. The highest BCUT2D eigenvalue weighted by atomic mass is 79.9. The third-order valence-corrected chi connectivity index (χ3v) is 3.94. The molecule has 0 radical (unpaired) electrons. The molecule has 1 fully saturated rings. The Kier molecular flexibility index (Phi) is 3.97. The number of benzene rings is 1. The van der Waals surface area contributed by atoms with E-state index in [4.69, 9.17) is 18.0 Å². The van der Waals surface area contributed by atoms with Crippen LogP contribution < -0.4 is 10.6 Å². The molecule has 0 spiro atoms. The molecular formula is C14H15BrN2O2S. The molecule has 0 aromatic heterocycles. The number of carbonyl (C=O) groups excluding carboxylic acids is 2. The average Bonchev–Trinajstić information content (AvgIpc) is 2.25. The normalized spacial score (nSPS) is 18.2. The van der Waals surface area contributed by atoms with Gasteiger partial charge in [-0.3, -0.25) is 9.59 Å². The van der Waals surface area contributed by atoms with Crippen LogP contribution in [0.3, 0.4) is 0 Å². The standard InChI is InChI=1S/C14H15BrN2O2S/c1-14(2)6-11(18)17(12(19)7-14)10-5-8(15)3-4-9(10)13(16)20/h3-5H,6-7H2,1-2H3,(H2,16,20). The van der Waals surface area contributed by atoms with Gasteiger partial charge in [0.15, 0.2) is 0 Å². The Hall–Kier alpha value is -1.27. The Morgan fingerprint density at radius 1 is 1.30 bits per heavy atom. The maximum absolute atomic E-state index is 12.3. The molecule has 1 aromatic carbocycles. The summed E-state index contributed by atoms with van der Waals surface area (Å²) in [7, 11) is 0. The van der Waals surface area contributed by atoms with Gasteiger partial charge < -0.3 is 5.73 Å². The summed E-state index contributed by atoms with van der Waals surface area (Å²) in [5.74, 6) is -0.441. The lowest BCUT2D eigenvalue weighted by Crippen LogP contribution is -2.47. The molecule has 0 bridgehead atoms. The molecule has 2 N–H and O–H groups in total. The van der Waals surface area contributed by atoms with Gasteiger partial charge in [0, 0.05) is 22.9 Å².